The van der Waals surface area contributed by atoms with Gasteiger partial charge < -0.3 is 9.47 Å². The summed E-state index contributed by atoms with van der Waals surface area (Å²) in [6.45, 7) is 6.34. The Hall–Kier alpha value is -2.29. The quantitative estimate of drug-likeness (QED) is 0.680. The molecule has 0 aliphatic rings. The van der Waals surface area contributed by atoms with Crippen molar-refractivity contribution in [2.24, 2.45) is 5.92 Å². The first-order valence-electron chi connectivity index (χ1n) is 8.31. The highest BCUT2D eigenvalue weighted by atomic mass is 16.5. The van der Waals surface area contributed by atoms with Crippen molar-refractivity contribution < 1.29 is 14.3 Å². The van der Waals surface area contributed by atoms with Crippen LogP contribution in [-0.4, -0.2) is 20.0 Å². The molecule has 0 aliphatic carbocycles. The summed E-state index contributed by atoms with van der Waals surface area (Å²) < 4.78 is 10.5. The van der Waals surface area contributed by atoms with E-state index in [1.54, 1.807) is 32.4 Å². The van der Waals surface area contributed by atoms with Crippen LogP contribution in [0.5, 0.6) is 11.5 Å². The van der Waals surface area contributed by atoms with Crippen LogP contribution >= 0.6 is 0 Å². The Bertz CT molecular complexity index is 687. The molecule has 2 rings (SSSR count). The van der Waals surface area contributed by atoms with E-state index in [4.69, 9.17) is 9.47 Å². The number of benzene rings is 2. The van der Waals surface area contributed by atoms with Crippen molar-refractivity contribution >= 4 is 5.78 Å². The number of hydrogen-bond acceptors (Lipinski definition) is 3. The SMILES string of the molecule is COc1ccc(C(=O)[C@@H](C)c2ccc(CC(C)C)cc2)c(OC)c1. The Morgan fingerprint density at radius 1 is 0.958 bits per heavy atom. The maximum absolute atomic E-state index is 12.9. The fourth-order valence-electron chi connectivity index (χ4n) is 2.80. The van der Waals surface area contributed by atoms with Crippen LogP contribution in [-0.2, 0) is 6.42 Å². The molecule has 0 unspecified atom stereocenters. The molecule has 0 bridgehead atoms. The molecule has 0 N–H and O–H groups in total. The molecule has 0 radical (unpaired) electrons. The third-order valence-corrected chi connectivity index (χ3v) is 4.19. The van der Waals surface area contributed by atoms with E-state index in [0.717, 1.165) is 12.0 Å². The van der Waals surface area contributed by atoms with Gasteiger partial charge in [0.1, 0.15) is 11.5 Å². The molecule has 1 atom stereocenters. The molecule has 0 saturated heterocycles. The summed E-state index contributed by atoms with van der Waals surface area (Å²) in [5.41, 5.74) is 2.90. The van der Waals surface area contributed by atoms with Gasteiger partial charge in [-0.3, -0.25) is 4.79 Å². The maximum Gasteiger partial charge on any atom is 0.173 e. The van der Waals surface area contributed by atoms with Gasteiger partial charge in [0.2, 0.25) is 0 Å². The number of ether oxygens (including phenoxy) is 2. The van der Waals surface area contributed by atoms with E-state index < -0.39 is 0 Å². The number of rotatable bonds is 7. The van der Waals surface area contributed by atoms with Gasteiger partial charge in [-0.05, 0) is 35.6 Å². The van der Waals surface area contributed by atoms with Gasteiger partial charge in [0, 0.05) is 12.0 Å². The summed E-state index contributed by atoms with van der Waals surface area (Å²) in [6.07, 6.45) is 1.05. The van der Waals surface area contributed by atoms with Crippen LogP contribution in [0.3, 0.4) is 0 Å². The molecular weight excluding hydrogens is 300 g/mol. The molecule has 128 valence electrons. The highest BCUT2D eigenvalue weighted by Gasteiger charge is 2.21. The highest BCUT2D eigenvalue weighted by molar-refractivity contribution is 6.03. The maximum atomic E-state index is 12.9. The fourth-order valence-corrected chi connectivity index (χ4v) is 2.80. The average molecular weight is 326 g/mol. The lowest BCUT2D eigenvalue weighted by molar-refractivity contribution is 0.0963. The van der Waals surface area contributed by atoms with Gasteiger partial charge in [0.05, 0.1) is 19.8 Å². The molecule has 3 nitrogen and oxygen atoms in total. The average Bonchev–Trinajstić information content (AvgIpc) is 2.60. The number of methoxy groups -OCH3 is 2. The minimum absolute atomic E-state index is 0.0473. The number of hydrogen-bond donors (Lipinski definition) is 0. The van der Waals surface area contributed by atoms with Gasteiger partial charge >= 0.3 is 0 Å². The predicted octanol–water partition coefficient (Wildman–Crippen LogP) is 4.89. The Labute approximate surface area is 144 Å². The van der Waals surface area contributed by atoms with E-state index in [1.165, 1.54) is 5.56 Å². The third kappa shape index (κ3) is 4.16. The Morgan fingerprint density at radius 3 is 2.17 bits per heavy atom. The number of Topliss-reactive ketones (excluding diaryl/α,β-unsaturated/α-hetero) is 1. The molecule has 3 heteroatoms. The van der Waals surface area contributed by atoms with Gasteiger partial charge in [-0.1, -0.05) is 45.0 Å². The van der Waals surface area contributed by atoms with Crippen LogP contribution in [0.4, 0.5) is 0 Å². The summed E-state index contributed by atoms with van der Waals surface area (Å²) in [5.74, 6) is 1.67. The monoisotopic (exact) mass is 326 g/mol. The molecule has 0 aromatic heterocycles. The predicted molar refractivity (Wildman–Crippen MR) is 97.3 cm³/mol. The summed E-state index contributed by atoms with van der Waals surface area (Å²) in [5, 5.41) is 0. The molecular formula is C21H26O3. The van der Waals surface area contributed by atoms with E-state index >= 15 is 0 Å². The molecule has 0 spiro atoms. The minimum atomic E-state index is -0.222. The number of carbonyl (C=O) groups is 1. The van der Waals surface area contributed by atoms with Crippen LogP contribution in [0.25, 0.3) is 0 Å². The first-order chi connectivity index (χ1) is 11.5. The van der Waals surface area contributed by atoms with Crippen LogP contribution in [0, 0.1) is 5.92 Å². The lowest BCUT2D eigenvalue weighted by Crippen LogP contribution is -2.11. The van der Waals surface area contributed by atoms with Crippen molar-refractivity contribution in [3.8, 4) is 11.5 Å². The summed E-state index contributed by atoms with van der Waals surface area (Å²) in [7, 11) is 3.16. The second-order valence-electron chi connectivity index (χ2n) is 6.49. The molecule has 0 saturated carbocycles. The molecule has 24 heavy (non-hydrogen) atoms. The van der Waals surface area contributed by atoms with E-state index in [0.29, 0.717) is 23.0 Å². The van der Waals surface area contributed by atoms with Crippen molar-refractivity contribution in [2.45, 2.75) is 33.1 Å². The van der Waals surface area contributed by atoms with Crippen LogP contribution in [0.15, 0.2) is 42.5 Å². The van der Waals surface area contributed by atoms with Crippen molar-refractivity contribution in [3.05, 3.63) is 59.2 Å². The van der Waals surface area contributed by atoms with Crippen molar-refractivity contribution in [1.82, 2.24) is 0 Å². The third-order valence-electron chi connectivity index (χ3n) is 4.19. The second kappa shape index (κ2) is 8.00. The molecule has 0 amide bonds. The van der Waals surface area contributed by atoms with Gasteiger partial charge in [0.15, 0.2) is 5.78 Å². The topological polar surface area (TPSA) is 35.5 Å². The zero-order valence-electron chi connectivity index (χ0n) is 15.1. The zero-order valence-corrected chi connectivity index (χ0v) is 15.1. The number of carbonyl (C=O) groups excluding carboxylic acids is 1. The van der Waals surface area contributed by atoms with E-state index in [9.17, 15) is 4.79 Å². The zero-order chi connectivity index (χ0) is 17.7. The lowest BCUT2D eigenvalue weighted by Gasteiger charge is -2.15. The van der Waals surface area contributed by atoms with Gasteiger partial charge in [0.25, 0.3) is 0 Å². The van der Waals surface area contributed by atoms with E-state index in [-0.39, 0.29) is 11.7 Å². The van der Waals surface area contributed by atoms with Gasteiger partial charge in [-0.25, -0.2) is 0 Å². The first kappa shape index (κ1) is 18.1. The van der Waals surface area contributed by atoms with Crippen LogP contribution in [0.2, 0.25) is 0 Å². The highest BCUT2D eigenvalue weighted by Crippen LogP contribution is 2.30. The standard InChI is InChI=1S/C21H26O3/c1-14(2)12-16-6-8-17(9-7-16)15(3)21(22)19-11-10-18(23-4)13-20(19)24-5/h6-11,13-15H,12H2,1-5H3/t15-/m0/s1. The molecule has 2 aromatic carbocycles. The minimum Gasteiger partial charge on any atom is -0.497 e. The van der Waals surface area contributed by atoms with Crippen molar-refractivity contribution in [3.63, 3.8) is 0 Å². The summed E-state index contributed by atoms with van der Waals surface area (Å²) >= 11 is 0. The Kier molecular flexibility index (Phi) is 6.02. The van der Waals surface area contributed by atoms with Crippen LogP contribution in [0.1, 0.15) is 48.2 Å². The molecule has 0 fully saturated rings. The van der Waals surface area contributed by atoms with E-state index in [2.05, 4.69) is 38.1 Å². The Morgan fingerprint density at radius 2 is 1.62 bits per heavy atom. The molecule has 0 aliphatic heterocycles. The lowest BCUT2D eigenvalue weighted by atomic mass is 9.90. The summed E-state index contributed by atoms with van der Waals surface area (Å²) in [6, 6.07) is 13.6. The largest absolute Gasteiger partial charge is 0.497 e. The van der Waals surface area contributed by atoms with E-state index in [1.807, 2.05) is 6.92 Å². The van der Waals surface area contributed by atoms with Gasteiger partial charge in [-0.2, -0.15) is 0 Å². The molecule has 2 aromatic rings. The number of ketones is 1. The normalized spacial score (nSPS) is 12.1. The second-order valence-corrected chi connectivity index (χ2v) is 6.49. The molecule has 0 heterocycles. The fraction of sp³-hybridized carbons (Fsp3) is 0.381. The first-order valence-corrected chi connectivity index (χ1v) is 8.31. The van der Waals surface area contributed by atoms with Crippen molar-refractivity contribution in [2.75, 3.05) is 14.2 Å². The Balaban J connectivity index is 2.23. The smallest absolute Gasteiger partial charge is 0.173 e. The van der Waals surface area contributed by atoms with Crippen molar-refractivity contribution in [1.29, 1.82) is 0 Å². The summed E-state index contributed by atoms with van der Waals surface area (Å²) in [4.78, 5) is 12.9. The van der Waals surface area contributed by atoms with Gasteiger partial charge in [-0.15, -0.1) is 0 Å². The van der Waals surface area contributed by atoms with Crippen LogP contribution < -0.4 is 9.47 Å².